The van der Waals surface area contributed by atoms with Crippen LogP contribution in [0, 0.1) is 0 Å². The Bertz CT molecular complexity index is 973. The van der Waals surface area contributed by atoms with Crippen molar-refractivity contribution < 1.29 is 14.3 Å². The van der Waals surface area contributed by atoms with Gasteiger partial charge in [0.25, 0.3) is 5.91 Å². The summed E-state index contributed by atoms with van der Waals surface area (Å²) in [5.41, 5.74) is 1.44. The Hall–Kier alpha value is -2.42. The second-order valence-electron chi connectivity index (χ2n) is 5.96. The van der Waals surface area contributed by atoms with Gasteiger partial charge in [0.15, 0.2) is 5.13 Å². The minimum absolute atomic E-state index is 0.0940. The van der Waals surface area contributed by atoms with Crippen LogP contribution in [0.15, 0.2) is 41.1 Å². The van der Waals surface area contributed by atoms with Crippen molar-refractivity contribution in [3.05, 3.63) is 62.2 Å². The van der Waals surface area contributed by atoms with Crippen molar-refractivity contribution in [2.45, 2.75) is 13.0 Å². The fourth-order valence-corrected chi connectivity index (χ4v) is 4.04. The average molecular weight is 436 g/mol. The van der Waals surface area contributed by atoms with Gasteiger partial charge in [0, 0.05) is 29.6 Å². The molecule has 6 nitrogen and oxygen atoms in total. The molecule has 1 N–H and O–H groups in total. The van der Waals surface area contributed by atoms with Crippen LogP contribution in [0.5, 0.6) is 5.75 Å². The van der Waals surface area contributed by atoms with Crippen molar-refractivity contribution in [1.82, 2.24) is 9.88 Å². The molecule has 0 atom stereocenters. The summed E-state index contributed by atoms with van der Waals surface area (Å²) in [6.45, 7) is 0.370. The number of hydrogen-bond donors (Lipinski definition) is 1. The number of amides is 2. The fourth-order valence-electron chi connectivity index (χ4n) is 2.52. The van der Waals surface area contributed by atoms with Gasteiger partial charge < -0.3 is 9.64 Å². The van der Waals surface area contributed by atoms with Crippen LogP contribution in [0.2, 0.25) is 5.02 Å². The molecule has 0 bridgehead atoms. The zero-order chi connectivity index (χ0) is 20.1. The van der Waals surface area contributed by atoms with Gasteiger partial charge in [0.2, 0.25) is 5.91 Å². The predicted octanol–water partition coefficient (Wildman–Crippen LogP) is 4.32. The van der Waals surface area contributed by atoms with E-state index in [1.54, 1.807) is 48.7 Å². The quantitative estimate of drug-likeness (QED) is 0.599. The lowest BCUT2D eigenvalue weighted by molar-refractivity contribution is -0.129. The van der Waals surface area contributed by atoms with Crippen LogP contribution < -0.4 is 10.1 Å². The van der Waals surface area contributed by atoms with E-state index in [1.165, 1.54) is 22.7 Å². The van der Waals surface area contributed by atoms with Crippen LogP contribution >= 0.6 is 34.3 Å². The number of aromatic nitrogens is 1. The first-order valence-electron chi connectivity index (χ1n) is 8.32. The summed E-state index contributed by atoms with van der Waals surface area (Å²) in [7, 11) is 3.30. The summed E-state index contributed by atoms with van der Waals surface area (Å²) >= 11 is 8.70. The third-order valence-corrected chi connectivity index (χ3v) is 5.84. The molecule has 0 aliphatic carbocycles. The third-order valence-electron chi connectivity index (χ3n) is 3.93. The average Bonchev–Trinajstić information content (AvgIpc) is 3.34. The molecule has 2 heterocycles. The van der Waals surface area contributed by atoms with Gasteiger partial charge in [-0.05, 0) is 29.6 Å². The number of thiophene rings is 1. The molecule has 0 aliphatic rings. The molecular formula is C19H18ClN3O3S2. The molecule has 0 fully saturated rings. The molecule has 0 radical (unpaired) electrons. The van der Waals surface area contributed by atoms with E-state index in [0.717, 1.165) is 5.56 Å². The number of anilines is 1. The van der Waals surface area contributed by atoms with E-state index in [4.69, 9.17) is 16.3 Å². The van der Waals surface area contributed by atoms with Crippen LogP contribution in [0.4, 0.5) is 5.13 Å². The van der Waals surface area contributed by atoms with Gasteiger partial charge in [-0.15, -0.1) is 22.7 Å². The summed E-state index contributed by atoms with van der Waals surface area (Å²) in [4.78, 5) is 31.2. The van der Waals surface area contributed by atoms with Crippen LogP contribution in [0.1, 0.15) is 20.9 Å². The largest absolute Gasteiger partial charge is 0.496 e. The highest BCUT2D eigenvalue weighted by atomic mass is 35.5. The van der Waals surface area contributed by atoms with Crippen LogP contribution in [0.3, 0.4) is 0 Å². The maximum absolute atomic E-state index is 12.6. The van der Waals surface area contributed by atoms with Gasteiger partial charge in [-0.2, -0.15) is 0 Å². The second kappa shape index (κ2) is 9.18. The Morgan fingerprint density at radius 1 is 1.29 bits per heavy atom. The van der Waals surface area contributed by atoms with E-state index >= 15 is 0 Å². The lowest BCUT2D eigenvalue weighted by Gasteiger charge is -2.18. The van der Waals surface area contributed by atoms with E-state index in [2.05, 4.69) is 10.3 Å². The number of nitrogens with zero attached hydrogens (tertiary/aromatic N) is 2. The van der Waals surface area contributed by atoms with E-state index in [-0.39, 0.29) is 18.2 Å². The molecule has 3 aromatic rings. The van der Waals surface area contributed by atoms with Crippen molar-refractivity contribution in [2.75, 3.05) is 19.5 Å². The number of thiazole rings is 1. The molecule has 2 aromatic heterocycles. The molecule has 2 amide bonds. The fraction of sp³-hybridized carbons (Fsp3) is 0.211. The number of carbonyl (C=O) groups excluding carboxylic acids is 2. The number of methoxy groups -OCH3 is 1. The van der Waals surface area contributed by atoms with Gasteiger partial charge in [0.1, 0.15) is 5.75 Å². The Morgan fingerprint density at radius 3 is 2.82 bits per heavy atom. The lowest BCUT2D eigenvalue weighted by Crippen LogP contribution is -2.28. The van der Waals surface area contributed by atoms with E-state index in [1.807, 2.05) is 11.4 Å². The van der Waals surface area contributed by atoms with E-state index in [9.17, 15) is 9.59 Å². The van der Waals surface area contributed by atoms with Gasteiger partial charge >= 0.3 is 0 Å². The van der Waals surface area contributed by atoms with Gasteiger partial charge in [-0.1, -0.05) is 17.7 Å². The van der Waals surface area contributed by atoms with Crippen LogP contribution in [0.25, 0.3) is 0 Å². The number of rotatable bonds is 7. The molecule has 0 saturated carbocycles. The monoisotopic (exact) mass is 435 g/mol. The minimum atomic E-state index is -0.201. The Balaban J connectivity index is 1.59. The summed E-state index contributed by atoms with van der Waals surface area (Å²) < 4.78 is 5.32. The highest BCUT2D eigenvalue weighted by molar-refractivity contribution is 7.14. The van der Waals surface area contributed by atoms with Crippen molar-refractivity contribution in [3.8, 4) is 5.75 Å². The molecule has 0 unspecified atom stereocenters. The molecule has 9 heteroatoms. The maximum atomic E-state index is 12.6. The molecule has 3 rings (SSSR count). The summed E-state index contributed by atoms with van der Waals surface area (Å²) in [5.74, 6) is 0.382. The second-order valence-corrected chi connectivity index (χ2v) is 8.20. The number of halogens is 1. The molecule has 0 saturated heterocycles. The van der Waals surface area contributed by atoms with Gasteiger partial charge in [0.05, 0.1) is 24.1 Å². The van der Waals surface area contributed by atoms with Crippen LogP contribution in [-0.2, 0) is 17.8 Å². The summed E-state index contributed by atoms with van der Waals surface area (Å²) in [5, 5.41) is 7.42. The van der Waals surface area contributed by atoms with Crippen molar-refractivity contribution >= 4 is 51.2 Å². The number of likely N-dealkylation sites (N-methyl/N-ethyl adjacent to an activating group) is 1. The number of nitrogens with one attached hydrogen (secondary N) is 1. The molecule has 1 aromatic carbocycles. The van der Waals surface area contributed by atoms with Crippen molar-refractivity contribution in [2.24, 2.45) is 0 Å². The highest BCUT2D eigenvalue weighted by Crippen LogP contribution is 2.24. The zero-order valence-electron chi connectivity index (χ0n) is 15.3. The molecular weight excluding hydrogens is 418 g/mol. The maximum Gasteiger partial charge on any atom is 0.267 e. The lowest BCUT2D eigenvalue weighted by atomic mass is 10.2. The van der Waals surface area contributed by atoms with Crippen LogP contribution in [-0.4, -0.2) is 35.9 Å². The smallest absolute Gasteiger partial charge is 0.267 e. The standard InChI is InChI=1S/C19H18ClN3O3S2/c1-23(10-12-8-13(20)5-6-15(12)26-2)17(24)9-14-11-28-19(21-14)22-18(25)16-4-3-7-27-16/h3-8,11H,9-10H2,1-2H3,(H,21,22,25). The van der Waals surface area contributed by atoms with Gasteiger partial charge in [-0.25, -0.2) is 4.98 Å². The summed E-state index contributed by atoms with van der Waals surface area (Å²) in [6, 6.07) is 8.87. The van der Waals surface area contributed by atoms with E-state index in [0.29, 0.717) is 33.0 Å². The normalized spacial score (nSPS) is 10.5. The molecule has 0 aliphatic heterocycles. The first-order chi connectivity index (χ1) is 13.5. The van der Waals surface area contributed by atoms with E-state index < -0.39 is 0 Å². The predicted molar refractivity (Wildman–Crippen MR) is 113 cm³/mol. The number of ether oxygens (including phenoxy) is 1. The summed E-state index contributed by atoms with van der Waals surface area (Å²) in [6.07, 6.45) is 0.144. The topological polar surface area (TPSA) is 71.5 Å². The minimum Gasteiger partial charge on any atom is -0.496 e. The van der Waals surface area contributed by atoms with Gasteiger partial charge in [-0.3, -0.25) is 14.9 Å². The number of hydrogen-bond acceptors (Lipinski definition) is 6. The first kappa shape index (κ1) is 20.3. The Morgan fingerprint density at radius 2 is 2.11 bits per heavy atom. The van der Waals surface area contributed by atoms with Crippen molar-refractivity contribution in [3.63, 3.8) is 0 Å². The SMILES string of the molecule is COc1ccc(Cl)cc1CN(C)C(=O)Cc1csc(NC(=O)c2cccs2)n1. The molecule has 146 valence electrons. The third kappa shape index (κ3) is 5.09. The zero-order valence-corrected chi connectivity index (χ0v) is 17.7. The Kier molecular flexibility index (Phi) is 6.66. The molecule has 28 heavy (non-hydrogen) atoms. The van der Waals surface area contributed by atoms with Crippen molar-refractivity contribution in [1.29, 1.82) is 0 Å². The Labute approximate surface area is 175 Å². The molecule has 0 spiro atoms. The number of benzene rings is 1. The highest BCUT2D eigenvalue weighted by Gasteiger charge is 2.16. The first-order valence-corrected chi connectivity index (χ1v) is 10.5. The number of carbonyl (C=O) groups is 2.